The van der Waals surface area contributed by atoms with Crippen LogP contribution in [0.4, 0.5) is 13.2 Å². The van der Waals surface area contributed by atoms with Crippen molar-refractivity contribution in [2.75, 3.05) is 0 Å². The van der Waals surface area contributed by atoms with Crippen LogP contribution in [-0.4, -0.2) is 9.91 Å². The quantitative estimate of drug-likeness (QED) is 0.548. The van der Waals surface area contributed by atoms with Gasteiger partial charge in [-0.05, 0) is 12.1 Å². The van der Waals surface area contributed by atoms with Crippen molar-refractivity contribution in [1.82, 2.24) is 4.98 Å². The molecule has 0 saturated heterocycles. The topological polar surface area (TPSA) is 56.0 Å². The van der Waals surface area contributed by atoms with Gasteiger partial charge in [-0.2, -0.15) is 13.2 Å². The van der Waals surface area contributed by atoms with Crippen molar-refractivity contribution in [3.05, 3.63) is 39.7 Å². The van der Waals surface area contributed by atoms with Gasteiger partial charge in [0.25, 0.3) is 0 Å². The zero-order valence-corrected chi connectivity index (χ0v) is 6.78. The third-order valence-electron chi connectivity index (χ3n) is 1.44. The van der Waals surface area contributed by atoms with Crippen LogP contribution in [0.5, 0.6) is 0 Å². The summed E-state index contributed by atoms with van der Waals surface area (Å²) in [5, 5.41) is 9.99. The Labute approximate surface area is 76.5 Å². The normalized spacial score (nSPS) is 11.4. The molecule has 1 aromatic rings. The molecule has 1 rings (SSSR count). The summed E-state index contributed by atoms with van der Waals surface area (Å²) in [7, 11) is 0. The summed E-state index contributed by atoms with van der Waals surface area (Å²) < 4.78 is 36.0. The number of halogens is 3. The Morgan fingerprint density at radius 1 is 1.43 bits per heavy atom. The smallest absolute Gasteiger partial charge is 0.264 e. The van der Waals surface area contributed by atoms with E-state index >= 15 is 0 Å². The minimum Gasteiger partial charge on any atom is -0.264 e. The molecule has 1 heterocycles. The van der Waals surface area contributed by atoms with Crippen LogP contribution in [0.25, 0.3) is 0 Å². The molecule has 0 amide bonds. The highest BCUT2D eigenvalue weighted by molar-refractivity contribution is 5.16. The molecule has 0 radical (unpaired) electrons. The lowest BCUT2D eigenvalue weighted by Gasteiger charge is -2.05. The predicted molar refractivity (Wildman–Crippen MR) is 39.9 cm³/mol. The molecule has 0 aliphatic rings. The molecule has 0 aliphatic carbocycles. The van der Waals surface area contributed by atoms with Gasteiger partial charge in [-0.15, -0.1) is 0 Å². The van der Waals surface area contributed by atoms with E-state index in [0.29, 0.717) is 6.20 Å². The van der Waals surface area contributed by atoms with E-state index in [4.69, 9.17) is 0 Å². The monoisotopic (exact) mass is 206 g/mol. The van der Waals surface area contributed by atoms with Crippen LogP contribution in [0.2, 0.25) is 0 Å². The second-order valence-corrected chi connectivity index (χ2v) is 2.53. The third-order valence-corrected chi connectivity index (χ3v) is 1.44. The van der Waals surface area contributed by atoms with Gasteiger partial charge in [-0.25, -0.2) is 0 Å². The number of nitrogens with zero attached hydrogens (tertiary/aromatic N) is 2. The molecule has 7 heteroatoms. The Hall–Kier alpha value is -1.66. The van der Waals surface area contributed by atoms with E-state index < -0.39 is 23.2 Å². The Bertz CT molecular complexity index is 334. The van der Waals surface area contributed by atoms with E-state index in [1.54, 1.807) is 0 Å². The van der Waals surface area contributed by atoms with Crippen molar-refractivity contribution in [2.24, 2.45) is 0 Å². The van der Waals surface area contributed by atoms with E-state index in [-0.39, 0.29) is 5.69 Å². The zero-order valence-electron chi connectivity index (χ0n) is 6.78. The van der Waals surface area contributed by atoms with Gasteiger partial charge in [0.2, 0.25) is 6.54 Å². The van der Waals surface area contributed by atoms with Gasteiger partial charge in [-0.1, -0.05) is 0 Å². The van der Waals surface area contributed by atoms with Crippen LogP contribution < -0.4 is 0 Å². The SMILES string of the molecule is O=[N+]([O-])Cc1ccc(C(F)(F)F)cn1. The van der Waals surface area contributed by atoms with Crippen LogP contribution in [-0.2, 0) is 12.7 Å². The molecule has 0 aromatic carbocycles. The molecule has 0 atom stereocenters. The van der Waals surface area contributed by atoms with E-state index in [9.17, 15) is 23.3 Å². The van der Waals surface area contributed by atoms with Crippen molar-refractivity contribution in [3.8, 4) is 0 Å². The van der Waals surface area contributed by atoms with Crippen molar-refractivity contribution in [1.29, 1.82) is 0 Å². The summed E-state index contributed by atoms with van der Waals surface area (Å²) >= 11 is 0. The first kappa shape index (κ1) is 10.4. The molecule has 1 aromatic heterocycles. The molecule has 0 bridgehead atoms. The van der Waals surface area contributed by atoms with Crippen LogP contribution in [0.15, 0.2) is 18.3 Å². The van der Waals surface area contributed by atoms with Gasteiger partial charge in [0, 0.05) is 11.1 Å². The summed E-state index contributed by atoms with van der Waals surface area (Å²) in [5.74, 6) is 0. The van der Waals surface area contributed by atoms with Gasteiger partial charge >= 0.3 is 6.18 Å². The minimum atomic E-state index is -4.46. The van der Waals surface area contributed by atoms with Gasteiger partial charge in [0.15, 0.2) is 0 Å². The molecule has 14 heavy (non-hydrogen) atoms. The lowest BCUT2D eigenvalue weighted by molar-refractivity contribution is -0.497. The standard InChI is InChI=1S/C7H5F3N2O2/c8-7(9,10)5-1-2-6(11-3-5)4-12(13)14/h1-3H,4H2. The van der Waals surface area contributed by atoms with Gasteiger partial charge < -0.3 is 0 Å². The molecular weight excluding hydrogens is 201 g/mol. The van der Waals surface area contributed by atoms with Crippen LogP contribution in [0, 0.1) is 10.1 Å². The second-order valence-electron chi connectivity index (χ2n) is 2.53. The maximum Gasteiger partial charge on any atom is 0.417 e. The first-order valence-corrected chi connectivity index (χ1v) is 3.53. The molecule has 0 saturated carbocycles. The average Bonchev–Trinajstić information content (AvgIpc) is 2.02. The lowest BCUT2D eigenvalue weighted by atomic mass is 10.2. The maximum atomic E-state index is 12.0. The van der Waals surface area contributed by atoms with Crippen LogP contribution in [0.3, 0.4) is 0 Å². The van der Waals surface area contributed by atoms with Crippen molar-refractivity contribution in [3.63, 3.8) is 0 Å². The van der Waals surface area contributed by atoms with E-state index in [0.717, 1.165) is 12.1 Å². The molecule has 76 valence electrons. The molecule has 0 unspecified atom stereocenters. The summed E-state index contributed by atoms with van der Waals surface area (Å²) in [5.41, 5.74) is -0.910. The Balaban J connectivity index is 2.84. The molecule has 4 nitrogen and oxygen atoms in total. The van der Waals surface area contributed by atoms with Crippen molar-refractivity contribution >= 4 is 0 Å². The summed E-state index contributed by atoms with van der Waals surface area (Å²) in [6.45, 7) is -0.571. The fraction of sp³-hybridized carbons (Fsp3) is 0.286. The summed E-state index contributed by atoms with van der Waals surface area (Å²) in [6, 6.07) is 1.76. The number of rotatable bonds is 2. The number of alkyl halides is 3. The summed E-state index contributed by atoms with van der Waals surface area (Å²) in [6.07, 6.45) is -3.88. The van der Waals surface area contributed by atoms with E-state index in [1.807, 2.05) is 0 Å². The van der Waals surface area contributed by atoms with E-state index in [2.05, 4.69) is 4.98 Å². The number of nitro groups is 1. The molecular formula is C7H5F3N2O2. The highest BCUT2D eigenvalue weighted by atomic mass is 19.4. The largest absolute Gasteiger partial charge is 0.417 e. The minimum absolute atomic E-state index is 0.00278. The van der Waals surface area contributed by atoms with Gasteiger partial charge in [-0.3, -0.25) is 15.1 Å². The number of pyridine rings is 1. The van der Waals surface area contributed by atoms with Crippen LogP contribution in [0.1, 0.15) is 11.3 Å². The van der Waals surface area contributed by atoms with Crippen molar-refractivity contribution in [2.45, 2.75) is 12.7 Å². The van der Waals surface area contributed by atoms with Crippen LogP contribution >= 0.6 is 0 Å². The fourth-order valence-corrected chi connectivity index (χ4v) is 0.818. The highest BCUT2D eigenvalue weighted by Gasteiger charge is 2.30. The molecule has 0 aliphatic heterocycles. The number of aromatic nitrogens is 1. The van der Waals surface area contributed by atoms with Gasteiger partial charge in [0.1, 0.15) is 5.69 Å². The molecule has 0 spiro atoms. The Kier molecular flexibility index (Phi) is 2.68. The maximum absolute atomic E-state index is 12.0. The average molecular weight is 206 g/mol. The van der Waals surface area contributed by atoms with Crippen molar-refractivity contribution < 1.29 is 18.1 Å². The predicted octanol–water partition coefficient (Wildman–Crippen LogP) is 1.88. The third kappa shape index (κ3) is 2.68. The zero-order chi connectivity index (χ0) is 10.8. The summed E-state index contributed by atoms with van der Waals surface area (Å²) in [4.78, 5) is 12.7. The molecule has 0 fully saturated rings. The molecule has 0 N–H and O–H groups in total. The lowest BCUT2D eigenvalue weighted by Crippen LogP contribution is -2.07. The van der Waals surface area contributed by atoms with Gasteiger partial charge in [0.05, 0.1) is 5.56 Å². The Morgan fingerprint density at radius 2 is 2.07 bits per heavy atom. The number of hydrogen-bond donors (Lipinski definition) is 0. The number of hydrogen-bond acceptors (Lipinski definition) is 3. The van der Waals surface area contributed by atoms with E-state index in [1.165, 1.54) is 0 Å². The highest BCUT2D eigenvalue weighted by Crippen LogP contribution is 2.28. The Morgan fingerprint density at radius 3 is 2.43 bits per heavy atom. The second kappa shape index (κ2) is 3.60. The fourth-order valence-electron chi connectivity index (χ4n) is 0.818. The first-order chi connectivity index (χ1) is 6.39. The first-order valence-electron chi connectivity index (χ1n) is 3.53.